The Kier molecular flexibility index (Phi) is 53.9. The molecule has 147 valence electrons. The summed E-state index contributed by atoms with van der Waals surface area (Å²) in [6.07, 6.45) is 13.5. The van der Waals surface area contributed by atoms with Crippen LogP contribution in [0.2, 0.25) is 13.3 Å². The van der Waals surface area contributed by atoms with Gasteiger partial charge in [0, 0.05) is 0 Å². The molecule has 0 unspecified atom stereocenters. The van der Waals surface area contributed by atoms with Gasteiger partial charge in [-0.05, 0) is 0 Å². The van der Waals surface area contributed by atoms with E-state index < -0.39 is 18.8 Å². The number of hydrogen-bond donors (Lipinski definition) is 1. The van der Waals surface area contributed by atoms with Crippen molar-refractivity contribution in [3.8, 4) is 0 Å². The van der Waals surface area contributed by atoms with Crippen LogP contribution in [0.3, 0.4) is 0 Å². The second-order valence-corrected chi connectivity index (χ2v) is 17.5. The Morgan fingerprint density at radius 1 is 0.583 bits per heavy atom. The normalized spacial score (nSPS) is 9.25. The molecule has 0 aliphatic rings. The Labute approximate surface area is 176 Å². The minimum atomic E-state index is -2.56. The Hall–Kier alpha value is 1.47. The minimum Gasteiger partial charge on any atom is -0.335 e. The smallest absolute Gasteiger partial charge is 0.335 e. The van der Waals surface area contributed by atoms with Gasteiger partial charge < -0.3 is 19.3 Å². The maximum Gasteiger partial charge on any atom is 3.00 e. The van der Waals surface area contributed by atoms with E-state index in [0.717, 1.165) is 0 Å². The van der Waals surface area contributed by atoms with E-state index in [1.54, 1.807) is 0 Å². The van der Waals surface area contributed by atoms with Crippen LogP contribution in [-0.2, 0) is 21.7 Å². The van der Waals surface area contributed by atoms with Crippen molar-refractivity contribution in [1.29, 1.82) is 0 Å². The van der Waals surface area contributed by atoms with E-state index in [1.807, 2.05) is 60.8 Å². The summed E-state index contributed by atoms with van der Waals surface area (Å²) < 4.78 is 14.3. The van der Waals surface area contributed by atoms with Gasteiger partial charge in [-0.15, -0.1) is 0 Å². The van der Waals surface area contributed by atoms with Crippen LogP contribution in [0, 0.1) is 19.3 Å². The molecule has 3 heteroatoms. The van der Waals surface area contributed by atoms with Crippen molar-refractivity contribution in [2.75, 3.05) is 0 Å². The largest absolute Gasteiger partial charge is 3.00 e. The summed E-state index contributed by atoms with van der Waals surface area (Å²) in [6, 6.07) is 0. The third-order valence-corrected chi connectivity index (χ3v) is 14.0. The van der Waals surface area contributed by atoms with Crippen LogP contribution in [0.5, 0.6) is 0 Å². The van der Waals surface area contributed by atoms with E-state index in [9.17, 15) is 3.44 Å². The van der Waals surface area contributed by atoms with Crippen molar-refractivity contribution in [3.63, 3.8) is 0 Å². The summed E-state index contributed by atoms with van der Waals surface area (Å²) in [7, 11) is 0. The van der Waals surface area contributed by atoms with Crippen molar-refractivity contribution in [3.05, 3.63) is 19.3 Å². The van der Waals surface area contributed by atoms with Crippen LogP contribution >= 0.6 is 0 Å². The van der Waals surface area contributed by atoms with Crippen LogP contribution in [0.25, 0.3) is 0 Å². The maximum absolute atomic E-state index is 10.6. The van der Waals surface area contributed by atoms with E-state index in [4.69, 9.17) is 0 Å². The van der Waals surface area contributed by atoms with Gasteiger partial charge in [-0.25, -0.2) is 0 Å². The number of rotatable bonds is 9. The van der Waals surface area contributed by atoms with Crippen molar-refractivity contribution >= 4 is 18.8 Å². The predicted molar refractivity (Wildman–Crippen MR) is 114 cm³/mol. The van der Waals surface area contributed by atoms with Gasteiger partial charge >= 0.3 is 117 Å². The molecule has 0 aromatic heterocycles. The van der Waals surface area contributed by atoms with Crippen molar-refractivity contribution < 1.29 is 25.2 Å². The summed E-state index contributed by atoms with van der Waals surface area (Å²) in [5, 5.41) is 0. The summed E-state index contributed by atoms with van der Waals surface area (Å²) in [4.78, 5) is 0. The monoisotopic (exact) mass is 485 g/mol. The van der Waals surface area contributed by atoms with E-state index >= 15 is 0 Å². The van der Waals surface area contributed by atoms with Gasteiger partial charge in [0.2, 0.25) is 0 Å². The molecule has 0 rings (SSSR count). The third-order valence-electron chi connectivity index (χ3n) is 2.99. The van der Waals surface area contributed by atoms with Gasteiger partial charge in [-0.3, -0.25) is 0 Å². The second kappa shape index (κ2) is 35.6. The summed E-state index contributed by atoms with van der Waals surface area (Å²) in [6.45, 7) is 18.7. The molecular weight excluding hydrogens is 435 g/mol. The molecule has 1 N–H and O–H groups in total. The minimum absolute atomic E-state index is 0. The zero-order valence-corrected chi connectivity index (χ0v) is 23.0. The van der Waals surface area contributed by atoms with Crippen LogP contribution in [0.1, 0.15) is 101 Å². The Morgan fingerprint density at radius 3 is 0.875 bits per heavy atom. The summed E-state index contributed by atoms with van der Waals surface area (Å²) in [5.41, 5.74) is 0. The van der Waals surface area contributed by atoms with Gasteiger partial charge in [-0.1, -0.05) is 0 Å². The van der Waals surface area contributed by atoms with Gasteiger partial charge in [-0.2, -0.15) is 41.5 Å². The summed E-state index contributed by atoms with van der Waals surface area (Å²) >= 11 is -2.56. The van der Waals surface area contributed by atoms with Crippen LogP contribution in [0.4, 0.5) is 0 Å². The second-order valence-electron chi connectivity index (χ2n) is 6.27. The number of unbranched alkanes of at least 4 members (excludes halogenated alkanes) is 3. The first-order valence-electron chi connectivity index (χ1n) is 9.87. The Bertz CT molecular complexity index is 139. The first-order chi connectivity index (χ1) is 10.9. The fraction of sp³-hybridized carbons (Fsp3) is 0.857. The fourth-order valence-electron chi connectivity index (χ4n) is 1.89. The zero-order valence-electron chi connectivity index (χ0n) is 18.5. The first-order valence-corrected chi connectivity index (χ1v) is 17.2. The number of hydrogen-bond acceptors (Lipinski definition) is 1. The van der Waals surface area contributed by atoms with E-state index in [-0.39, 0.29) is 21.7 Å². The first kappa shape index (κ1) is 36.4. The summed E-state index contributed by atoms with van der Waals surface area (Å²) in [5.74, 6) is 0. The molecule has 0 aliphatic heterocycles. The molecule has 1 radical (unpaired) electrons. The molecule has 0 atom stereocenters. The molecule has 0 spiro atoms. The molecule has 0 saturated heterocycles. The zero-order chi connectivity index (χ0) is 19.0. The standard InChI is InChI=1S/3C4H9.3C3H7.H2O.Sn.Ti/c3*1-3-4-2;3*1-3-2;;;/h3*1,3-4H2,2H3;3*3H,1-2H3;1H2;;/q;;;3*-1;;+1;+3/p-1. The van der Waals surface area contributed by atoms with E-state index in [0.29, 0.717) is 0 Å². The molecule has 0 aliphatic carbocycles. The molecule has 24 heavy (non-hydrogen) atoms. The van der Waals surface area contributed by atoms with Gasteiger partial charge in [0.25, 0.3) is 0 Å². The van der Waals surface area contributed by atoms with Gasteiger partial charge in [0.15, 0.2) is 0 Å². The van der Waals surface area contributed by atoms with Crippen LogP contribution in [-0.4, -0.2) is 22.2 Å². The van der Waals surface area contributed by atoms with Gasteiger partial charge in [0.1, 0.15) is 0 Å². The Balaban J connectivity index is -0.000000100. The van der Waals surface area contributed by atoms with Gasteiger partial charge in [0.05, 0.1) is 0 Å². The molecule has 0 aromatic carbocycles. The molecular formula is C21H49OSnTi. The van der Waals surface area contributed by atoms with Crippen molar-refractivity contribution in [2.45, 2.75) is 114 Å². The van der Waals surface area contributed by atoms with E-state index in [1.165, 1.54) is 51.8 Å². The van der Waals surface area contributed by atoms with Crippen LogP contribution in [0.15, 0.2) is 0 Å². The fourth-order valence-corrected chi connectivity index (χ4v) is 12.7. The predicted octanol–water partition coefficient (Wildman–Crippen LogP) is 8.01. The van der Waals surface area contributed by atoms with Crippen molar-refractivity contribution in [1.82, 2.24) is 0 Å². The average molecular weight is 484 g/mol. The molecule has 0 aromatic rings. The Morgan fingerprint density at radius 2 is 0.750 bits per heavy atom. The van der Waals surface area contributed by atoms with Crippen LogP contribution < -0.4 is 0 Å². The molecule has 0 amide bonds. The van der Waals surface area contributed by atoms with Crippen molar-refractivity contribution in [2.24, 2.45) is 0 Å². The topological polar surface area (TPSA) is 20.2 Å². The average Bonchev–Trinajstić information content (AvgIpc) is 2.52. The molecule has 0 fully saturated rings. The molecule has 1 nitrogen and oxygen atoms in total. The quantitative estimate of drug-likeness (QED) is 0.260. The SMILES string of the molecule is CCC[CH2][Sn]([OH])([CH2]CCC)[CH2]CCC.C[CH-]C.C[CH-]C.C[CH-]C.[Ti+3]. The molecule has 0 heterocycles. The maximum atomic E-state index is 10.6. The molecule has 0 bridgehead atoms. The van der Waals surface area contributed by atoms with E-state index in [2.05, 4.69) is 20.8 Å². The molecule has 0 saturated carbocycles. The third kappa shape index (κ3) is 43.7.